The second kappa shape index (κ2) is 8.10. The molecule has 1 amide bonds. The van der Waals surface area contributed by atoms with Gasteiger partial charge in [-0.2, -0.15) is 18.2 Å². The molecule has 0 saturated heterocycles. The van der Waals surface area contributed by atoms with Crippen molar-refractivity contribution in [2.24, 2.45) is 0 Å². The normalized spacial score (nSPS) is 11.7. The van der Waals surface area contributed by atoms with Crippen LogP contribution in [-0.4, -0.2) is 32.6 Å². The Balaban J connectivity index is 1.80. The number of anilines is 1. The van der Waals surface area contributed by atoms with Gasteiger partial charge in [-0.15, -0.1) is 5.10 Å². The molecule has 0 fully saturated rings. The minimum Gasteiger partial charge on any atom is -0.495 e. The summed E-state index contributed by atoms with van der Waals surface area (Å²) < 4.78 is 45.0. The van der Waals surface area contributed by atoms with Gasteiger partial charge in [-0.25, -0.2) is 9.50 Å². The zero-order valence-electron chi connectivity index (χ0n) is 16.7. The summed E-state index contributed by atoms with van der Waals surface area (Å²) in [5, 5.41) is 6.80. The summed E-state index contributed by atoms with van der Waals surface area (Å²) >= 11 is 6.07. The fourth-order valence-corrected chi connectivity index (χ4v) is 3.22. The van der Waals surface area contributed by atoms with Crippen molar-refractivity contribution in [2.75, 3.05) is 12.4 Å². The van der Waals surface area contributed by atoms with E-state index in [4.69, 9.17) is 16.3 Å². The highest BCUT2D eigenvalue weighted by Gasteiger charge is 2.37. The number of halogens is 4. The molecule has 30 heavy (non-hydrogen) atoms. The number of amides is 1. The lowest BCUT2D eigenvalue weighted by molar-refractivity contribution is -0.144. The summed E-state index contributed by atoms with van der Waals surface area (Å²) in [4.78, 5) is 20.0. The van der Waals surface area contributed by atoms with Crippen LogP contribution >= 0.6 is 11.6 Å². The third kappa shape index (κ3) is 4.33. The number of rotatable bonds is 5. The van der Waals surface area contributed by atoms with Gasteiger partial charge in [-0.1, -0.05) is 11.6 Å². The number of nitrogens with one attached hydrogen (secondary N) is 1. The number of alkyl halides is 3. The molecule has 3 rings (SSSR count). The summed E-state index contributed by atoms with van der Waals surface area (Å²) in [5.41, 5.74) is 2.84. The van der Waals surface area contributed by atoms with Crippen molar-refractivity contribution >= 4 is 29.0 Å². The van der Waals surface area contributed by atoms with Gasteiger partial charge in [0.1, 0.15) is 5.75 Å². The zero-order chi connectivity index (χ0) is 22.2. The van der Waals surface area contributed by atoms with E-state index in [0.717, 1.165) is 10.1 Å². The molecule has 0 aliphatic carbocycles. The molecule has 1 aromatic carbocycles. The molecule has 1 N–H and O–H groups in total. The van der Waals surface area contributed by atoms with Gasteiger partial charge in [0, 0.05) is 28.9 Å². The second-order valence-corrected chi connectivity index (χ2v) is 7.16. The monoisotopic (exact) mass is 441 g/mol. The van der Waals surface area contributed by atoms with Gasteiger partial charge in [-0.3, -0.25) is 4.79 Å². The number of aromatic nitrogens is 4. The van der Waals surface area contributed by atoms with Crippen molar-refractivity contribution in [3.63, 3.8) is 0 Å². The molecule has 11 heteroatoms. The molecular weight excluding hydrogens is 423 g/mol. The average molecular weight is 442 g/mol. The maximum Gasteiger partial charge on any atom is 0.453 e. The van der Waals surface area contributed by atoms with Crippen molar-refractivity contribution in [3.05, 3.63) is 45.5 Å². The van der Waals surface area contributed by atoms with Gasteiger partial charge in [0.05, 0.1) is 12.8 Å². The Morgan fingerprint density at radius 2 is 1.93 bits per heavy atom. The molecular formula is C19H19ClF3N5O2. The van der Waals surface area contributed by atoms with Crippen molar-refractivity contribution in [3.8, 4) is 5.75 Å². The molecule has 0 spiro atoms. The lowest BCUT2D eigenvalue weighted by Crippen LogP contribution is -2.15. The lowest BCUT2D eigenvalue weighted by atomic mass is 10.1. The minimum absolute atomic E-state index is 0.0838. The SMILES string of the molecule is COc1cc(Cl)c(C)cc1NC(=O)CCc1c(C)nc2nc(C(F)(F)F)nn2c1C. The highest BCUT2D eigenvalue weighted by Crippen LogP contribution is 2.31. The van der Waals surface area contributed by atoms with Crippen molar-refractivity contribution in [1.29, 1.82) is 0 Å². The Labute approximate surface area is 175 Å². The van der Waals surface area contributed by atoms with Crippen LogP contribution < -0.4 is 10.1 Å². The first-order chi connectivity index (χ1) is 14.0. The van der Waals surface area contributed by atoms with Gasteiger partial charge in [0.25, 0.3) is 11.6 Å². The summed E-state index contributed by atoms with van der Waals surface area (Å²) in [6, 6.07) is 3.32. The van der Waals surface area contributed by atoms with Gasteiger partial charge >= 0.3 is 6.18 Å². The number of fused-ring (bicyclic) bond motifs is 1. The van der Waals surface area contributed by atoms with E-state index in [2.05, 4.69) is 20.4 Å². The van der Waals surface area contributed by atoms with E-state index in [-0.39, 0.29) is 24.5 Å². The number of benzene rings is 1. The molecule has 0 saturated carbocycles. The van der Waals surface area contributed by atoms with Crippen molar-refractivity contribution in [1.82, 2.24) is 19.6 Å². The van der Waals surface area contributed by atoms with Crippen molar-refractivity contribution < 1.29 is 22.7 Å². The molecule has 0 aliphatic heterocycles. The van der Waals surface area contributed by atoms with Crippen LogP contribution in [0, 0.1) is 20.8 Å². The maximum absolute atomic E-state index is 12.9. The quantitative estimate of drug-likeness (QED) is 0.638. The maximum atomic E-state index is 12.9. The number of carbonyl (C=O) groups excluding carboxylic acids is 1. The number of hydrogen-bond donors (Lipinski definition) is 1. The van der Waals surface area contributed by atoms with E-state index in [1.165, 1.54) is 7.11 Å². The molecule has 0 bridgehead atoms. The standard InChI is InChI=1S/C19H19ClF3N5O2/c1-9-7-14(15(30-4)8-13(9)20)25-16(29)6-5-12-10(2)24-18-26-17(19(21,22)23)27-28(18)11(12)3/h7-8H,5-6H2,1-4H3,(H,25,29). The summed E-state index contributed by atoms with van der Waals surface area (Å²) in [7, 11) is 1.47. The van der Waals surface area contributed by atoms with Crippen LogP contribution in [0.4, 0.5) is 18.9 Å². The third-order valence-electron chi connectivity index (χ3n) is 4.66. The topological polar surface area (TPSA) is 81.4 Å². The fourth-order valence-electron chi connectivity index (χ4n) is 3.07. The van der Waals surface area contributed by atoms with Crippen LogP contribution in [0.3, 0.4) is 0 Å². The molecule has 2 heterocycles. The van der Waals surface area contributed by atoms with Gasteiger partial charge in [0.2, 0.25) is 5.91 Å². The van der Waals surface area contributed by atoms with Crippen LogP contribution in [-0.2, 0) is 17.4 Å². The van der Waals surface area contributed by atoms with Crippen LogP contribution in [0.1, 0.15) is 34.8 Å². The molecule has 3 aromatic rings. The highest BCUT2D eigenvalue weighted by molar-refractivity contribution is 6.31. The minimum atomic E-state index is -4.66. The third-order valence-corrected chi connectivity index (χ3v) is 5.07. The first-order valence-corrected chi connectivity index (χ1v) is 9.33. The smallest absolute Gasteiger partial charge is 0.453 e. The summed E-state index contributed by atoms with van der Waals surface area (Å²) in [6.45, 7) is 5.08. The van der Waals surface area contributed by atoms with Gasteiger partial charge in [-0.05, 0) is 44.4 Å². The summed E-state index contributed by atoms with van der Waals surface area (Å²) in [6.07, 6.45) is -4.31. The van der Waals surface area contributed by atoms with E-state index in [0.29, 0.717) is 33.4 Å². The number of hydrogen-bond acceptors (Lipinski definition) is 5. The number of methoxy groups -OCH3 is 1. The van der Waals surface area contributed by atoms with E-state index in [9.17, 15) is 18.0 Å². The van der Waals surface area contributed by atoms with E-state index < -0.39 is 12.0 Å². The number of aryl methyl sites for hydroxylation is 3. The summed E-state index contributed by atoms with van der Waals surface area (Å²) in [5.74, 6) is -1.25. The highest BCUT2D eigenvalue weighted by atomic mass is 35.5. The first-order valence-electron chi connectivity index (χ1n) is 8.95. The van der Waals surface area contributed by atoms with Crippen LogP contribution in [0.15, 0.2) is 12.1 Å². The molecule has 0 aliphatic rings. The molecule has 160 valence electrons. The zero-order valence-corrected chi connectivity index (χ0v) is 17.4. The Bertz CT molecular complexity index is 1130. The Kier molecular flexibility index (Phi) is 5.89. The number of ether oxygens (including phenoxy) is 1. The van der Waals surface area contributed by atoms with Crippen LogP contribution in [0.25, 0.3) is 5.78 Å². The van der Waals surface area contributed by atoms with E-state index in [1.807, 2.05) is 0 Å². The second-order valence-electron chi connectivity index (χ2n) is 6.76. The Morgan fingerprint density at radius 1 is 1.23 bits per heavy atom. The predicted octanol–water partition coefficient (Wildman–Crippen LogP) is 4.30. The average Bonchev–Trinajstić information content (AvgIpc) is 3.09. The van der Waals surface area contributed by atoms with Crippen LogP contribution in [0.5, 0.6) is 5.75 Å². The van der Waals surface area contributed by atoms with Crippen molar-refractivity contribution in [2.45, 2.75) is 39.8 Å². The molecule has 0 unspecified atom stereocenters. The van der Waals surface area contributed by atoms with E-state index >= 15 is 0 Å². The number of nitrogens with zero attached hydrogens (tertiary/aromatic N) is 4. The van der Waals surface area contributed by atoms with Gasteiger partial charge in [0.15, 0.2) is 0 Å². The Morgan fingerprint density at radius 3 is 2.57 bits per heavy atom. The predicted molar refractivity (Wildman–Crippen MR) is 105 cm³/mol. The van der Waals surface area contributed by atoms with Crippen LogP contribution in [0.2, 0.25) is 5.02 Å². The largest absolute Gasteiger partial charge is 0.495 e. The molecule has 0 radical (unpaired) electrons. The Hall–Kier alpha value is -2.88. The van der Waals surface area contributed by atoms with Gasteiger partial charge < -0.3 is 10.1 Å². The molecule has 2 aromatic heterocycles. The molecule has 7 nitrogen and oxygen atoms in total. The van der Waals surface area contributed by atoms with E-state index in [1.54, 1.807) is 32.9 Å². The first kappa shape index (κ1) is 21.8. The number of carbonyl (C=O) groups is 1. The lowest BCUT2D eigenvalue weighted by Gasteiger charge is -2.13. The fraction of sp³-hybridized carbons (Fsp3) is 0.368. The molecule has 0 atom stereocenters.